The van der Waals surface area contributed by atoms with E-state index in [9.17, 15) is 18.0 Å². The number of hydrogen-bond acceptors (Lipinski definition) is 8. The number of rotatable bonds is 9. The smallest absolute Gasteiger partial charge is 0.280 e. The van der Waals surface area contributed by atoms with Crippen LogP contribution in [-0.4, -0.2) is 60.8 Å². The van der Waals surface area contributed by atoms with E-state index in [0.717, 1.165) is 6.42 Å². The number of aromatic nitrogens is 1. The van der Waals surface area contributed by atoms with Gasteiger partial charge in [-0.3, -0.25) is 14.9 Å². The molecule has 1 N–H and O–H groups in total. The standard InChI is InChI=1S/C20H22N4O5S2/c25-17-2-1-10-24(17)11-12-29-23-18(19(26)22-20-21-9-13-30-20)14-3-5-15(6-4-14)31(27,28)16-7-8-16/h3-6,9,13,16H,1-2,7-8,10-12H2,(H,21,22,26). The maximum absolute atomic E-state index is 12.8. The van der Waals surface area contributed by atoms with Crippen molar-refractivity contribution in [2.75, 3.05) is 25.0 Å². The highest BCUT2D eigenvalue weighted by atomic mass is 32.2. The van der Waals surface area contributed by atoms with Gasteiger partial charge in [0.15, 0.2) is 20.7 Å². The molecular formula is C20H22N4O5S2. The molecule has 1 aromatic heterocycles. The zero-order valence-electron chi connectivity index (χ0n) is 16.7. The number of amides is 2. The van der Waals surface area contributed by atoms with Gasteiger partial charge in [-0.05, 0) is 31.4 Å². The molecule has 2 aromatic rings. The number of nitrogens with zero attached hydrogens (tertiary/aromatic N) is 3. The van der Waals surface area contributed by atoms with Crippen molar-refractivity contribution in [1.29, 1.82) is 0 Å². The van der Waals surface area contributed by atoms with Gasteiger partial charge in [0.2, 0.25) is 5.91 Å². The largest absolute Gasteiger partial charge is 0.393 e. The van der Waals surface area contributed by atoms with Crippen LogP contribution in [0, 0.1) is 0 Å². The van der Waals surface area contributed by atoms with E-state index in [4.69, 9.17) is 4.84 Å². The van der Waals surface area contributed by atoms with E-state index in [1.807, 2.05) is 0 Å². The first kappa shape index (κ1) is 21.4. The van der Waals surface area contributed by atoms with E-state index in [1.165, 1.54) is 23.5 Å². The molecule has 4 rings (SSSR count). The van der Waals surface area contributed by atoms with Gasteiger partial charge >= 0.3 is 0 Å². The van der Waals surface area contributed by atoms with Crippen LogP contribution in [0.1, 0.15) is 31.2 Å². The molecular weight excluding hydrogens is 440 g/mol. The van der Waals surface area contributed by atoms with Crippen LogP contribution < -0.4 is 5.32 Å². The van der Waals surface area contributed by atoms with E-state index in [1.54, 1.807) is 28.6 Å². The van der Waals surface area contributed by atoms with Gasteiger partial charge in [0.1, 0.15) is 6.61 Å². The number of hydrogen-bond donors (Lipinski definition) is 1. The van der Waals surface area contributed by atoms with Gasteiger partial charge in [-0.2, -0.15) is 0 Å². The Morgan fingerprint density at radius 1 is 1.29 bits per heavy atom. The first-order chi connectivity index (χ1) is 14.9. The fourth-order valence-electron chi connectivity index (χ4n) is 3.24. The molecule has 2 aliphatic rings. The molecule has 0 bridgehead atoms. The van der Waals surface area contributed by atoms with Crippen LogP contribution in [0.5, 0.6) is 0 Å². The Morgan fingerprint density at radius 3 is 2.68 bits per heavy atom. The first-order valence-corrected chi connectivity index (χ1v) is 12.4. The van der Waals surface area contributed by atoms with Gasteiger partial charge in [0.05, 0.1) is 16.7 Å². The number of carbonyl (C=O) groups excluding carboxylic acids is 2. The predicted octanol–water partition coefficient (Wildman–Crippen LogP) is 2.06. The lowest BCUT2D eigenvalue weighted by atomic mass is 10.1. The number of thiazole rings is 1. The number of benzene rings is 1. The third-order valence-electron chi connectivity index (χ3n) is 5.07. The lowest BCUT2D eigenvalue weighted by Gasteiger charge is -2.14. The normalized spacial score (nSPS) is 17.1. The summed E-state index contributed by atoms with van der Waals surface area (Å²) >= 11 is 1.26. The number of sulfone groups is 1. The Balaban J connectivity index is 1.49. The maximum Gasteiger partial charge on any atom is 0.280 e. The van der Waals surface area contributed by atoms with Crippen molar-refractivity contribution in [1.82, 2.24) is 9.88 Å². The second-order valence-electron chi connectivity index (χ2n) is 7.32. The SMILES string of the molecule is O=C(Nc1nccs1)C(=NOCCN1CCCC1=O)c1ccc(S(=O)(=O)C2CC2)cc1. The Bertz CT molecular complexity index is 1080. The van der Waals surface area contributed by atoms with Gasteiger partial charge < -0.3 is 9.74 Å². The highest BCUT2D eigenvalue weighted by Gasteiger charge is 2.36. The van der Waals surface area contributed by atoms with E-state index >= 15 is 0 Å². The van der Waals surface area contributed by atoms with E-state index in [2.05, 4.69) is 15.5 Å². The van der Waals surface area contributed by atoms with Gasteiger partial charge in [0.25, 0.3) is 5.91 Å². The average molecular weight is 463 g/mol. The van der Waals surface area contributed by atoms with Crippen LogP contribution in [0.15, 0.2) is 45.9 Å². The second-order valence-corrected chi connectivity index (χ2v) is 10.4. The van der Waals surface area contributed by atoms with E-state index < -0.39 is 15.7 Å². The summed E-state index contributed by atoms with van der Waals surface area (Å²) < 4.78 is 24.8. The summed E-state index contributed by atoms with van der Waals surface area (Å²) in [6.45, 7) is 1.23. The molecule has 2 amide bonds. The van der Waals surface area contributed by atoms with Crippen LogP contribution in [0.2, 0.25) is 0 Å². The molecule has 1 aliphatic carbocycles. The third kappa shape index (κ3) is 5.10. The number of nitrogens with one attached hydrogen (secondary N) is 1. The molecule has 164 valence electrons. The minimum atomic E-state index is -3.32. The zero-order chi connectivity index (χ0) is 21.8. The molecule has 0 unspecified atom stereocenters. The number of oxime groups is 1. The number of carbonyl (C=O) groups is 2. The minimum Gasteiger partial charge on any atom is -0.393 e. The van der Waals surface area contributed by atoms with Crippen molar-refractivity contribution in [3.63, 3.8) is 0 Å². The molecule has 11 heteroatoms. The fourth-order valence-corrected chi connectivity index (χ4v) is 5.42. The van der Waals surface area contributed by atoms with Gasteiger partial charge in [-0.15, -0.1) is 11.3 Å². The molecule has 1 aliphatic heterocycles. The maximum atomic E-state index is 12.8. The topological polar surface area (TPSA) is 118 Å². The summed E-state index contributed by atoms with van der Waals surface area (Å²) in [5.74, 6) is -0.438. The summed E-state index contributed by atoms with van der Waals surface area (Å²) in [6.07, 6.45) is 4.31. The quantitative estimate of drug-likeness (QED) is 0.346. The van der Waals surface area contributed by atoms with Crippen LogP contribution in [0.25, 0.3) is 0 Å². The Hall–Kier alpha value is -2.79. The van der Waals surface area contributed by atoms with Crippen molar-refractivity contribution in [2.24, 2.45) is 5.16 Å². The molecule has 2 heterocycles. The summed E-state index contributed by atoms with van der Waals surface area (Å²) in [7, 11) is -3.32. The lowest BCUT2D eigenvalue weighted by molar-refractivity contribution is -0.128. The highest BCUT2D eigenvalue weighted by molar-refractivity contribution is 7.92. The van der Waals surface area contributed by atoms with E-state index in [0.29, 0.717) is 43.0 Å². The first-order valence-electron chi connectivity index (χ1n) is 9.98. The van der Waals surface area contributed by atoms with Gasteiger partial charge in [-0.25, -0.2) is 13.4 Å². The fraction of sp³-hybridized carbons (Fsp3) is 0.400. The summed E-state index contributed by atoms with van der Waals surface area (Å²) in [6, 6.07) is 6.06. The van der Waals surface area contributed by atoms with E-state index in [-0.39, 0.29) is 28.4 Å². The molecule has 0 radical (unpaired) electrons. The Labute approximate surface area is 184 Å². The van der Waals surface area contributed by atoms with Crippen molar-refractivity contribution in [3.05, 3.63) is 41.4 Å². The van der Waals surface area contributed by atoms with Crippen molar-refractivity contribution in [2.45, 2.75) is 35.8 Å². The molecule has 0 spiro atoms. The average Bonchev–Trinajstić information content (AvgIpc) is 3.37. The van der Waals surface area contributed by atoms with Crippen LogP contribution in [0.3, 0.4) is 0 Å². The highest BCUT2D eigenvalue weighted by Crippen LogP contribution is 2.33. The molecule has 1 saturated carbocycles. The van der Waals surface area contributed by atoms with Crippen LogP contribution >= 0.6 is 11.3 Å². The number of anilines is 1. The van der Waals surface area contributed by atoms with Crippen LogP contribution in [-0.2, 0) is 24.3 Å². The zero-order valence-corrected chi connectivity index (χ0v) is 18.3. The third-order valence-corrected chi connectivity index (χ3v) is 8.03. The molecule has 9 nitrogen and oxygen atoms in total. The predicted molar refractivity (Wildman–Crippen MR) is 116 cm³/mol. The molecule has 1 aromatic carbocycles. The number of likely N-dealkylation sites (tertiary alicyclic amines) is 1. The van der Waals surface area contributed by atoms with Crippen molar-refractivity contribution in [3.8, 4) is 0 Å². The van der Waals surface area contributed by atoms with Crippen molar-refractivity contribution >= 4 is 43.8 Å². The lowest BCUT2D eigenvalue weighted by Crippen LogP contribution is -2.28. The van der Waals surface area contributed by atoms with Crippen molar-refractivity contribution < 1.29 is 22.8 Å². The molecule has 1 saturated heterocycles. The Kier molecular flexibility index (Phi) is 6.33. The summed E-state index contributed by atoms with van der Waals surface area (Å²) in [5.41, 5.74) is 0.416. The van der Waals surface area contributed by atoms with Crippen LogP contribution in [0.4, 0.5) is 5.13 Å². The second kappa shape index (κ2) is 9.15. The molecule has 31 heavy (non-hydrogen) atoms. The Morgan fingerprint density at radius 2 is 2.06 bits per heavy atom. The molecule has 0 atom stereocenters. The van der Waals surface area contributed by atoms with Gasteiger partial charge in [0, 0.05) is 30.1 Å². The summed E-state index contributed by atoms with van der Waals surface area (Å²) in [5, 5.41) is 8.48. The monoisotopic (exact) mass is 462 g/mol. The molecule has 2 fully saturated rings. The van der Waals surface area contributed by atoms with Gasteiger partial charge in [-0.1, -0.05) is 17.3 Å². The summed E-state index contributed by atoms with van der Waals surface area (Å²) in [4.78, 5) is 35.8. The minimum absolute atomic E-state index is 0.00156.